The molecule has 5 nitrogen and oxygen atoms in total. The van der Waals surface area contributed by atoms with Crippen molar-refractivity contribution in [3.63, 3.8) is 0 Å². The van der Waals surface area contributed by atoms with E-state index in [0.29, 0.717) is 6.54 Å². The topological polar surface area (TPSA) is 59.5 Å². The van der Waals surface area contributed by atoms with Gasteiger partial charge in [-0.15, -0.1) is 0 Å². The Morgan fingerprint density at radius 1 is 1.69 bits per heavy atom. The van der Waals surface area contributed by atoms with Crippen molar-refractivity contribution < 1.29 is 14.3 Å². The molecule has 16 heavy (non-hydrogen) atoms. The molecule has 1 aromatic heterocycles. The number of methoxy groups -OCH3 is 1. The molecule has 1 atom stereocenters. The number of aromatic nitrogens is 1. The van der Waals surface area contributed by atoms with Gasteiger partial charge in [-0.3, -0.25) is 9.59 Å². The smallest absolute Gasteiger partial charge is 0.311 e. The van der Waals surface area contributed by atoms with E-state index in [1.54, 1.807) is 4.90 Å². The lowest BCUT2D eigenvalue weighted by molar-refractivity contribution is -0.145. The van der Waals surface area contributed by atoms with Crippen LogP contribution < -0.4 is 4.90 Å². The maximum Gasteiger partial charge on any atom is 0.311 e. The third-order valence-electron chi connectivity index (χ3n) is 2.54. The van der Waals surface area contributed by atoms with Crippen molar-refractivity contribution in [3.05, 3.63) is 11.8 Å². The first kappa shape index (κ1) is 11.1. The summed E-state index contributed by atoms with van der Waals surface area (Å²) in [4.78, 5) is 24.6. The number of hydrogen-bond donors (Lipinski definition) is 0. The third-order valence-corrected chi connectivity index (χ3v) is 3.45. The predicted octanol–water partition coefficient (Wildman–Crippen LogP) is 0.977. The zero-order valence-corrected chi connectivity index (χ0v) is 9.91. The van der Waals surface area contributed by atoms with Gasteiger partial charge < -0.3 is 9.64 Å². The van der Waals surface area contributed by atoms with Gasteiger partial charge in [0, 0.05) is 13.0 Å². The summed E-state index contributed by atoms with van der Waals surface area (Å²) in [5.41, 5.74) is 0.884. The van der Waals surface area contributed by atoms with E-state index in [-0.39, 0.29) is 24.2 Å². The van der Waals surface area contributed by atoms with Gasteiger partial charge in [0.1, 0.15) is 5.00 Å². The van der Waals surface area contributed by atoms with Crippen molar-refractivity contribution in [1.29, 1.82) is 0 Å². The predicted molar refractivity (Wildman–Crippen MR) is 59.3 cm³/mol. The number of amides is 1. The number of rotatable bonds is 2. The molecule has 0 aliphatic carbocycles. The quantitative estimate of drug-likeness (QED) is 0.723. The minimum Gasteiger partial charge on any atom is -0.469 e. The first-order valence-corrected chi connectivity index (χ1v) is 5.70. The van der Waals surface area contributed by atoms with Crippen LogP contribution in [0.15, 0.2) is 6.07 Å². The minimum atomic E-state index is -0.347. The number of ether oxygens (including phenoxy) is 1. The second-order valence-corrected chi connectivity index (χ2v) is 4.52. The molecule has 0 spiro atoms. The second kappa shape index (κ2) is 4.21. The van der Waals surface area contributed by atoms with E-state index in [0.717, 1.165) is 10.7 Å². The molecule has 86 valence electrons. The monoisotopic (exact) mass is 240 g/mol. The van der Waals surface area contributed by atoms with Crippen LogP contribution in [0, 0.1) is 12.8 Å². The van der Waals surface area contributed by atoms with Gasteiger partial charge >= 0.3 is 5.97 Å². The molecule has 0 saturated carbocycles. The number of carbonyl (C=O) groups excluding carboxylic acids is 2. The molecule has 1 aliphatic rings. The molecule has 0 N–H and O–H groups in total. The van der Waals surface area contributed by atoms with Crippen molar-refractivity contribution in [3.8, 4) is 0 Å². The van der Waals surface area contributed by atoms with Crippen molar-refractivity contribution in [1.82, 2.24) is 4.37 Å². The molecule has 2 rings (SSSR count). The Balaban J connectivity index is 2.14. The highest BCUT2D eigenvalue weighted by Crippen LogP contribution is 2.29. The van der Waals surface area contributed by atoms with Crippen LogP contribution >= 0.6 is 11.5 Å². The highest BCUT2D eigenvalue weighted by atomic mass is 32.1. The van der Waals surface area contributed by atoms with Crippen LogP contribution in [0.4, 0.5) is 5.00 Å². The van der Waals surface area contributed by atoms with Crippen LogP contribution in [0.5, 0.6) is 0 Å². The largest absolute Gasteiger partial charge is 0.469 e. The highest BCUT2D eigenvalue weighted by Gasteiger charge is 2.36. The highest BCUT2D eigenvalue weighted by molar-refractivity contribution is 7.10. The standard InChI is InChI=1S/C10H12N2O3S/c1-6-3-9(16-11-6)12-5-7(4-8(12)13)10(14)15-2/h3,7H,4-5H2,1-2H3. The summed E-state index contributed by atoms with van der Waals surface area (Å²) < 4.78 is 8.76. The van der Waals surface area contributed by atoms with Crippen LogP contribution in [0.3, 0.4) is 0 Å². The van der Waals surface area contributed by atoms with E-state index >= 15 is 0 Å². The van der Waals surface area contributed by atoms with E-state index in [1.807, 2.05) is 13.0 Å². The number of hydrogen-bond acceptors (Lipinski definition) is 5. The Morgan fingerprint density at radius 3 is 3.00 bits per heavy atom. The van der Waals surface area contributed by atoms with Gasteiger partial charge in [0.05, 0.1) is 18.7 Å². The van der Waals surface area contributed by atoms with E-state index < -0.39 is 0 Å². The summed E-state index contributed by atoms with van der Waals surface area (Å²) >= 11 is 1.27. The Bertz CT molecular complexity index is 429. The molecule has 1 saturated heterocycles. The van der Waals surface area contributed by atoms with E-state index in [2.05, 4.69) is 9.11 Å². The van der Waals surface area contributed by atoms with Crippen LogP contribution in [0.2, 0.25) is 0 Å². The lowest BCUT2D eigenvalue weighted by atomic mass is 10.1. The third kappa shape index (κ3) is 1.92. The van der Waals surface area contributed by atoms with E-state index in [9.17, 15) is 9.59 Å². The van der Waals surface area contributed by atoms with Crippen LogP contribution in [-0.4, -0.2) is 29.9 Å². The summed E-state index contributed by atoms with van der Waals surface area (Å²) in [7, 11) is 1.34. The van der Waals surface area contributed by atoms with Crippen molar-refractivity contribution in [2.45, 2.75) is 13.3 Å². The molecule has 0 radical (unpaired) electrons. The first-order chi connectivity index (χ1) is 7.61. The lowest BCUT2D eigenvalue weighted by Gasteiger charge is -2.12. The molecule has 1 aromatic rings. The van der Waals surface area contributed by atoms with Gasteiger partial charge in [0.25, 0.3) is 0 Å². The normalized spacial score (nSPS) is 20.2. The van der Waals surface area contributed by atoms with E-state index in [1.165, 1.54) is 18.6 Å². The average molecular weight is 240 g/mol. The number of aryl methyl sites for hydroxylation is 1. The summed E-state index contributed by atoms with van der Waals surface area (Å²) in [6, 6.07) is 1.85. The molecular formula is C10H12N2O3S. The summed E-state index contributed by atoms with van der Waals surface area (Å²) in [6.07, 6.45) is 0.226. The van der Waals surface area contributed by atoms with Gasteiger partial charge in [-0.2, -0.15) is 4.37 Å². The Morgan fingerprint density at radius 2 is 2.44 bits per heavy atom. The lowest BCUT2D eigenvalue weighted by Crippen LogP contribution is -2.25. The zero-order valence-electron chi connectivity index (χ0n) is 9.10. The average Bonchev–Trinajstić information content (AvgIpc) is 2.83. The first-order valence-electron chi connectivity index (χ1n) is 4.93. The van der Waals surface area contributed by atoms with Gasteiger partial charge in [0.2, 0.25) is 5.91 Å². The fourth-order valence-corrected chi connectivity index (χ4v) is 2.51. The summed E-state index contributed by atoms with van der Waals surface area (Å²) in [6.45, 7) is 2.27. The van der Waals surface area contributed by atoms with E-state index in [4.69, 9.17) is 0 Å². The summed E-state index contributed by atoms with van der Waals surface area (Å²) in [5.74, 6) is -0.712. The number of carbonyl (C=O) groups is 2. The molecule has 6 heteroatoms. The number of nitrogens with zero attached hydrogens (tertiary/aromatic N) is 2. The van der Waals surface area contributed by atoms with Gasteiger partial charge in [-0.05, 0) is 24.5 Å². The van der Waals surface area contributed by atoms with Gasteiger partial charge in [-0.25, -0.2) is 0 Å². The molecule has 1 amide bonds. The molecule has 1 unspecified atom stereocenters. The number of esters is 1. The maximum atomic E-state index is 11.7. The summed E-state index contributed by atoms with van der Waals surface area (Å²) in [5, 5.41) is 0.800. The molecule has 1 fully saturated rings. The zero-order chi connectivity index (χ0) is 11.7. The minimum absolute atomic E-state index is 0.0425. The number of anilines is 1. The maximum absolute atomic E-state index is 11.7. The van der Waals surface area contributed by atoms with Crippen molar-refractivity contribution in [2.24, 2.45) is 5.92 Å². The second-order valence-electron chi connectivity index (χ2n) is 3.74. The molecule has 0 aromatic carbocycles. The molecular weight excluding hydrogens is 228 g/mol. The van der Waals surface area contributed by atoms with Crippen LogP contribution in [-0.2, 0) is 14.3 Å². The fourth-order valence-electron chi connectivity index (χ4n) is 1.72. The van der Waals surface area contributed by atoms with Crippen LogP contribution in [0.25, 0.3) is 0 Å². The Labute approximate surface area is 97.2 Å². The molecule has 2 heterocycles. The molecule has 1 aliphatic heterocycles. The van der Waals surface area contributed by atoms with Gasteiger partial charge in [0.15, 0.2) is 0 Å². The fraction of sp³-hybridized carbons (Fsp3) is 0.500. The Hall–Kier alpha value is -1.43. The van der Waals surface area contributed by atoms with Gasteiger partial charge in [-0.1, -0.05) is 0 Å². The van der Waals surface area contributed by atoms with Crippen molar-refractivity contribution in [2.75, 3.05) is 18.6 Å². The van der Waals surface area contributed by atoms with Crippen molar-refractivity contribution >= 4 is 28.4 Å². The SMILES string of the molecule is COC(=O)C1CC(=O)N(c2cc(C)ns2)C1. The van der Waals surface area contributed by atoms with Crippen LogP contribution in [0.1, 0.15) is 12.1 Å². The Kier molecular flexibility index (Phi) is 2.91. The molecule has 0 bridgehead atoms.